The number of nitrogens with one attached hydrogen (secondary N) is 2. The number of carbonyl (C=O) groups excluding carboxylic acids is 3. The number of methoxy groups -OCH3 is 1. The number of carbonyl (C=O) groups is 3. The molecule has 0 saturated carbocycles. The van der Waals surface area contributed by atoms with Crippen molar-refractivity contribution < 1.29 is 28.6 Å². The Morgan fingerprint density at radius 2 is 1.52 bits per heavy atom. The van der Waals surface area contributed by atoms with Crippen molar-refractivity contribution in [2.75, 3.05) is 77.4 Å². The molecule has 3 amide bonds. The van der Waals surface area contributed by atoms with E-state index >= 15 is 0 Å². The molecule has 1 heterocycles. The second-order valence-corrected chi connectivity index (χ2v) is 12.2. The number of unbranched alkanes of at least 4 members (excludes halogenated alkanes) is 2. The maximum Gasteiger partial charge on any atom is 0.259 e. The fourth-order valence-corrected chi connectivity index (χ4v) is 5.38. The summed E-state index contributed by atoms with van der Waals surface area (Å²) in [6.45, 7) is 6.90. The zero-order valence-corrected chi connectivity index (χ0v) is 32.8. The van der Waals surface area contributed by atoms with Crippen molar-refractivity contribution in [1.29, 1.82) is 0 Å². The molecule has 4 rings (SSSR count). The molecule has 0 bridgehead atoms. The first-order valence-corrected chi connectivity index (χ1v) is 16.9. The van der Waals surface area contributed by atoms with E-state index in [0.29, 0.717) is 72.4 Å². The Hall–Kier alpha value is -3.78. The Labute approximate surface area is 325 Å². The van der Waals surface area contributed by atoms with Gasteiger partial charge in [0.25, 0.3) is 11.8 Å². The van der Waals surface area contributed by atoms with Crippen molar-refractivity contribution in [3.8, 4) is 17.2 Å². The third-order valence-corrected chi connectivity index (χ3v) is 8.31. The first-order chi connectivity index (χ1) is 23.7. The minimum absolute atomic E-state index is 0. The number of hydrazine groups is 1. The highest BCUT2D eigenvalue weighted by molar-refractivity contribution is 6.09. The molecule has 0 spiro atoms. The standard InChI is InChI=1S/C37H50N6O6.3ClH/c1-27-14-17-31(34(25-27)49-23-9-5-6-13-35(44)40-43-21-19-41(2)20-22-43)42(3)37(46)28-15-16-30(33(26-28)47-4)39-36(45)29-11-7-8-12-32(29)48-24-10-18-38;;;/h7-8,11-12,14-17,25-26H,5-6,9-10,13,18-24,38H2,1-4H3,(H,39,45)(H,40,44);3*1H. The zero-order valence-electron chi connectivity index (χ0n) is 30.4. The number of aryl methyl sites for hydroxylation is 1. The van der Waals surface area contributed by atoms with Crippen molar-refractivity contribution >= 4 is 66.3 Å². The van der Waals surface area contributed by atoms with Crippen molar-refractivity contribution in [2.24, 2.45) is 5.73 Å². The minimum atomic E-state index is -0.367. The zero-order chi connectivity index (χ0) is 35.2. The summed E-state index contributed by atoms with van der Waals surface area (Å²) in [5, 5.41) is 4.87. The summed E-state index contributed by atoms with van der Waals surface area (Å²) < 4.78 is 17.5. The third-order valence-electron chi connectivity index (χ3n) is 8.31. The number of nitrogens with two attached hydrogens (primary N) is 1. The largest absolute Gasteiger partial charge is 0.495 e. The molecule has 4 N–H and O–H groups in total. The Morgan fingerprint density at radius 3 is 2.23 bits per heavy atom. The molecule has 0 atom stereocenters. The number of hydrogen-bond acceptors (Lipinski definition) is 9. The first-order valence-electron chi connectivity index (χ1n) is 16.9. The number of anilines is 2. The van der Waals surface area contributed by atoms with E-state index in [1.807, 2.05) is 30.1 Å². The predicted octanol–water partition coefficient (Wildman–Crippen LogP) is 5.74. The van der Waals surface area contributed by atoms with Crippen molar-refractivity contribution in [1.82, 2.24) is 15.3 Å². The Balaban J connectivity index is 0.00000451. The predicted molar refractivity (Wildman–Crippen MR) is 213 cm³/mol. The van der Waals surface area contributed by atoms with Crippen LogP contribution in [0.15, 0.2) is 60.7 Å². The topological polar surface area (TPSA) is 139 Å². The van der Waals surface area contributed by atoms with E-state index in [1.54, 1.807) is 54.4 Å². The number of likely N-dealkylation sites (N-methyl/N-ethyl adjacent to an activating group) is 1. The van der Waals surface area contributed by atoms with Gasteiger partial charge in [-0.25, -0.2) is 5.01 Å². The van der Waals surface area contributed by atoms with Crippen LogP contribution in [-0.4, -0.2) is 94.8 Å². The summed E-state index contributed by atoms with van der Waals surface area (Å²) in [6, 6.07) is 17.6. The number of hydrogen-bond donors (Lipinski definition) is 3. The molecule has 0 unspecified atom stereocenters. The quantitative estimate of drug-likeness (QED) is 0.146. The molecule has 12 nitrogen and oxygen atoms in total. The van der Waals surface area contributed by atoms with Gasteiger partial charge in [-0.05, 0) is 94.2 Å². The molecule has 1 saturated heterocycles. The van der Waals surface area contributed by atoms with Gasteiger partial charge in [0.1, 0.15) is 17.2 Å². The summed E-state index contributed by atoms with van der Waals surface area (Å²) in [5.74, 6) is 0.815. The lowest BCUT2D eigenvalue weighted by molar-refractivity contribution is -0.126. The Bertz CT molecular complexity index is 1570. The van der Waals surface area contributed by atoms with Gasteiger partial charge in [0, 0.05) is 45.2 Å². The van der Waals surface area contributed by atoms with Crippen LogP contribution in [0.25, 0.3) is 0 Å². The SMILES string of the molecule is COc1cc(C(=O)N(C)c2ccc(C)cc2OCCCCCC(=O)NN2CCN(C)CC2)ccc1NC(=O)c1ccccc1OCCCN.Cl.Cl.Cl. The van der Waals surface area contributed by atoms with E-state index in [2.05, 4.69) is 22.7 Å². The van der Waals surface area contributed by atoms with E-state index in [-0.39, 0.29) is 54.9 Å². The summed E-state index contributed by atoms with van der Waals surface area (Å²) in [5.41, 5.74) is 11.4. The summed E-state index contributed by atoms with van der Waals surface area (Å²) in [4.78, 5) is 43.0. The number of nitrogens with zero attached hydrogens (tertiary/aromatic N) is 3. The molecule has 52 heavy (non-hydrogen) atoms. The highest BCUT2D eigenvalue weighted by Gasteiger charge is 2.21. The number of piperazine rings is 1. The minimum Gasteiger partial charge on any atom is -0.495 e. The van der Waals surface area contributed by atoms with E-state index in [9.17, 15) is 14.4 Å². The third kappa shape index (κ3) is 13.6. The smallest absolute Gasteiger partial charge is 0.259 e. The molecular formula is C37H53Cl3N6O6. The average molecular weight is 784 g/mol. The van der Waals surface area contributed by atoms with E-state index in [0.717, 1.165) is 51.0 Å². The van der Waals surface area contributed by atoms with Crippen LogP contribution >= 0.6 is 37.2 Å². The molecule has 15 heteroatoms. The monoisotopic (exact) mass is 782 g/mol. The van der Waals surface area contributed by atoms with Gasteiger partial charge < -0.3 is 35.1 Å². The fraction of sp³-hybridized carbons (Fsp3) is 0.432. The van der Waals surface area contributed by atoms with Crippen molar-refractivity contribution in [3.05, 3.63) is 77.4 Å². The number of amides is 3. The first kappa shape index (κ1) is 46.2. The highest BCUT2D eigenvalue weighted by atomic mass is 35.5. The summed E-state index contributed by atoms with van der Waals surface area (Å²) in [6.07, 6.45) is 3.55. The molecule has 0 radical (unpaired) electrons. The second-order valence-electron chi connectivity index (χ2n) is 12.2. The van der Waals surface area contributed by atoms with Crippen LogP contribution in [-0.2, 0) is 4.79 Å². The maximum atomic E-state index is 13.7. The van der Waals surface area contributed by atoms with Gasteiger partial charge in [-0.2, -0.15) is 0 Å². The van der Waals surface area contributed by atoms with Crippen LogP contribution in [0.1, 0.15) is 58.4 Å². The van der Waals surface area contributed by atoms with Crippen molar-refractivity contribution in [3.63, 3.8) is 0 Å². The van der Waals surface area contributed by atoms with Gasteiger partial charge in [0.2, 0.25) is 5.91 Å². The van der Waals surface area contributed by atoms with Crippen LogP contribution in [0, 0.1) is 6.92 Å². The van der Waals surface area contributed by atoms with Crippen LogP contribution in [0.3, 0.4) is 0 Å². The molecule has 3 aromatic carbocycles. The molecule has 1 aliphatic heterocycles. The molecule has 1 aliphatic rings. The lowest BCUT2D eigenvalue weighted by Crippen LogP contribution is -2.52. The molecule has 3 aromatic rings. The highest BCUT2D eigenvalue weighted by Crippen LogP contribution is 2.32. The number of ether oxygens (including phenoxy) is 3. The lowest BCUT2D eigenvalue weighted by Gasteiger charge is -2.32. The summed E-state index contributed by atoms with van der Waals surface area (Å²) >= 11 is 0. The molecule has 0 aromatic heterocycles. The van der Waals surface area contributed by atoms with Gasteiger partial charge in [-0.15, -0.1) is 37.2 Å². The molecule has 0 aliphatic carbocycles. The van der Waals surface area contributed by atoms with E-state index < -0.39 is 0 Å². The maximum absolute atomic E-state index is 13.7. The lowest BCUT2D eigenvalue weighted by atomic mass is 10.1. The fourth-order valence-electron chi connectivity index (χ4n) is 5.38. The molecule has 288 valence electrons. The van der Waals surface area contributed by atoms with Crippen LogP contribution in [0.5, 0.6) is 17.2 Å². The van der Waals surface area contributed by atoms with Gasteiger partial charge >= 0.3 is 0 Å². The van der Waals surface area contributed by atoms with Crippen LogP contribution in [0.2, 0.25) is 0 Å². The van der Waals surface area contributed by atoms with Gasteiger partial charge in [0.15, 0.2) is 0 Å². The van der Waals surface area contributed by atoms with Gasteiger partial charge in [-0.1, -0.05) is 18.2 Å². The Morgan fingerprint density at radius 1 is 0.827 bits per heavy atom. The van der Waals surface area contributed by atoms with Gasteiger partial charge in [-0.3, -0.25) is 19.8 Å². The van der Waals surface area contributed by atoms with Gasteiger partial charge in [0.05, 0.1) is 37.3 Å². The van der Waals surface area contributed by atoms with Crippen LogP contribution < -0.4 is 35.6 Å². The average Bonchev–Trinajstić information content (AvgIpc) is 3.10. The molecule has 1 fully saturated rings. The van der Waals surface area contributed by atoms with E-state index in [4.69, 9.17) is 19.9 Å². The van der Waals surface area contributed by atoms with Crippen LogP contribution in [0.4, 0.5) is 11.4 Å². The number of rotatable bonds is 17. The normalized spacial score (nSPS) is 12.6. The summed E-state index contributed by atoms with van der Waals surface area (Å²) in [7, 11) is 5.27. The number of halogens is 3. The second kappa shape index (κ2) is 23.7. The number of benzene rings is 3. The van der Waals surface area contributed by atoms with E-state index in [1.165, 1.54) is 7.11 Å². The van der Waals surface area contributed by atoms with Crippen molar-refractivity contribution in [2.45, 2.75) is 39.0 Å². The Kier molecular flexibility index (Phi) is 21.1. The number of para-hydroxylation sites is 1. The molecular weight excluding hydrogens is 731 g/mol.